The molecule has 0 aromatic rings. The SMILES string of the molecule is CCC.CCOCCC[Si](C)(O[Si](C)(C)C)O[Si](C)(C)O[Si](C)(C)C. The molecule has 0 spiro atoms. The van der Waals surface area contributed by atoms with Gasteiger partial charge in [-0.05, 0) is 78.3 Å². The molecule has 0 saturated carbocycles. The van der Waals surface area contributed by atoms with Gasteiger partial charge in [-0.25, -0.2) is 0 Å². The van der Waals surface area contributed by atoms with Crippen LogP contribution in [-0.4, -0.2) is 47.0 Å². The average Bonchev–Trinajstić information content (AvgIpc) is 2.29. The Balaban J connectivity index is 0. The molecule has 0 N–H and O–H groups in total. The maximum absolute atomic E-state index is 6.60. The summed E-state index contributed by atoms with van der Waals surface area (Å²) in [6.45, 7) is 27.7. The Morgan fingerprint density at radius 1 is 0.640 bits per heavy atom. The Morgan fingerprint density at radius 2 is 1.08 bits per heavy atom. The summed E-state index contributed by atoms with van der Waals surface area (Å²) in [5.41, 5.74) is 0. The molecule has 0 amide bonds. The Hall–Kier alpha value is 0.708. The van der Waals surface area contributed by atoms with E-state index in [1.54, 1.807) is 0 Å². The van der Waals surface area contributed by atoms with Crippen molar-refractivity contribution in [2.45, 2.75) is 98.6 Å². The molecule has 154 valence electrons. The normalized spacial score (nSPS) is 15.4. The van der Waals surface area contributed by atoms with Crippen molar-refractivity contribution in [1.29, 1.82) is 0 Å². The zero-order valence-electron chi connectivity index (χ0n) is 19.2. The zero-order chi connectivity index (χ0) is 20.4. The second-order valence-corrected chi connectivity index (χ2v) is 25.5. The minimum Gasteiger partial charge on any atom is -0.437 e. The summed E-state index contributed by atoms with van der Waals surface area (Å²) in [7, 11) is -7.64. The van der Waals surface area contributed by atoms with E-state index in [0.29, 0.717) is 0 Å². The second kappa shape index (κ2) is 12.2. The van der Waals surface area contributed by atoms with E-state index in [4.69, 9.17) is 17.1 Å². The molecule has 0 saturated heterocycles. The molecule has 0 aliphatic heterocycles. The van der Waals surface area contributed by atoms with Crippen molar-refractivity contribution >= 4 is 33.8 Å². The van der Waals surface area contributed by atoms with Gasteiger partial charge in [0.15, 0.2) is 16.6 Å². The summed E-state index contributed by atoms with van der Waals surface area (Å²) in [4.78, 5) is 0. The number of ether oxygens (including phenoxy) is 1. The van der Waals surface area contributed by atoms with Crippen LogP contribution in [0.5, 0.6) is 0 Å². The van der Waals surface area contributed by atoms with Crippen molar-refractivity contribution in [2.24, 2.45) is 0 Å². The van der Waals surface area contributed by atoms with Gasteiger partial charge in [-0.3, -0.25) is 0 Å². The van der Waals surface area contributed by atoms with Crippen molar-refractivity contribution in [3.05, 3.63) is 0 Å². The predicted octanol–water partition coefficient (Wildman–Crippen LogP) is 6.32. The lowest BCUT2D eigenvalue weighted by Crippen LogP contribution is -2.56. The van der Waals surface area contributed by atoms with E-state index in [0.717, 1.165) is 25.7 Å². The van der Waals surface area contributed by atoms with Crippen LogP contribution in [-0.2, 0) is 17.1 Å². The van der Waals surface area contributed by atoms with Crippen molar-refractivity contribution in [3.8, 4) is 0 Å². The van der Waals surface area contributed by atoms with Crippen LogP contribution in [0.1, 0.15) is 33.6 Å². The molecule has 25 heavy (non-hydrogen) atoms. The number of rotatable bonds is 11. The number of hydrogen-bond acceptors (Lipinski definition) is 4. The van der Waals surface area contributed by atoms with Gasteiger partial charge in [0.25, 0.3) is 0 Å². The lowest BCUT2D eigenvalue weighted by atomic mass is 10.5. The fourth-order valence-electron chi connectivity index (χ4n) is 2.69. The fraction of sp³-hybridized carbons (Fsp3) is 1.00. The standard InChI is InChI=1S/C14H38O4Si4.C3H8/c1-11-15-13-12-14-22(10,17-20(5,6)7)18-21(8,9)16-19(2,3)4;1-3-2/h11-14H2,1-10H3;3H2,1-2H3. The molecule has 0 aliphatic carbocycles. The molecule has 8 heteroatoms. The molecule has 1 atom stereocenters. The molecule has 4 nitrogen and oxygen atoms in total. The molecule has 0 aromatic heterocycles. The van der Waals surface area contributed by atoms with Gasteiger partial charge in [0.2, 0.25) is 0 Å². The Bertz CT molecular complexity index is 341. The first-order chi connectivity index (χ1) is 11.1. The van der Waals surface area contributed by atoms with E-state index in [9.17, 15) is 0 Å². The van der Waals surface area contributed by atoms with Gasteiger partial charge in [0.05, 0.1) is 0 Å². The second-order valence-electron chi connectivity index (χ2n) is 9.07. The Kier molecular flexibility index (Phi) is 13.7. The van der Waals surface area contributed by atoms with Gasteiger partial charge >= 0.3 is 17.1 Å². The van der Waals surface area contributed by atoms with Crippen LogP contribution in [0.3, 0.4) is 0 Å². The van der Waals surface area contributed by atoms with E-state index < -0.39 is 33.8 Å². The van der Waals surface area contributed by atoms with Gasteiger partial charge < -0.3 is 17.1 Å². The van der Waals surface area contributed by atoms with Crippen LogP contribution in [0.2, 0.25) is 65.0 Å². The van der Waals surface area contributed by atoms with Crippen LogP contribution < -0.4 is 0 Å². The van der Waals surface area contributed by atoms with Crippen molar-refractivity contribution < 1.29 is 17.1 Å². The molecular formula is C17H46O4Si4. The van der Waals surface area contributed by atoms with Crippen molar-refractivity contribution in [2.75, 3.05) is 13.2 Å². The third kappa shape index (κ3) is 19.3. The van der Waals surface area contributed by atoms with Crippen molar-refractivity contribution in [3.63, 3.8) is 0 Å². The maximum atomic E-state index is 6.60. The summed E-state index contributed by atoms with van der Waals surface area (Å²) in [5.74, 6) is 0. The minimum absolute atomic E-state index is 0.771. The smallest absolute Gasteiger partial charge is 0.315 e. The summed E-state index contributed by atoms with van der Waals surface area (Å²) >= 11 is 0. The van der Waals surface area contributed by atoms with Crippen LogP contribution >= 0.6 is 0 Å². The minimum atomic E-state index is -2.23. The first-order valence-electron chi connectivity index (χ1n) is 9.78. The molecule has 0 aliphatic rings. The highest BCUT2D eigenvalue weighted by molar-refractivity contribution is 6.89. The highest BCUT2D eigenvalue weighted by Gasteiger charge is 2.44. The number of hydrogen-bond donors (Lipinski definition) is 0. The third-order valence-corrected chi connectivity index (χ3v) is 16.2. The quantitative estimate of drug-likeness (QED) is 0.286. The molecule has 0 heterocycles. The Labute approximate surface area is 162 Å². The summed E-state index contributed by atoms with van der Waals surface area (Å²) in [6.07, 6.45) is 2.25. The molecule has 0 rings (SSSR count). The van der Waals surface area contributed by atoms with Gasteiger partial charge in [0, 0.05) is 13.2 Å². The van der Waals surface area contributed by atoms with E-state index in [2.05, 4.69) is 72.8 Å². The molecule has 0 radical (unpaired) electrons. The highest BCUT2D eigenvalue weighted by atomic mass is 28.5. The average molecular weight is 427 g/mol. The van der Waals surface area contributed by atoms with E-state index in [1.165, 1.54) is 6.42 Å². The predicted molar refractivity (Wildman–Crippen MR) is 121 cm³/mol. The molecule has 0 aromatic carbocycles. The van der Waals surface area contributed by atoms with E-state index in [-0.39, 0.29) is 0 Å². The van der Waals surface area contributed by atoms with Crippen LogP contribution in [0.15, 0.2) is 0 Å². The molecule has 0 bridgehead atoms. The summed E-state index contributed by atoms with van der Waals surface area (Å²) in [6, 6.07) is 0.975. The lowest BCUT2D eigenvalue weighted by molar-refractivity contribution is 0.146. The fourth-order valence-corrected chi connectivity index (χ4v) is 20.6. The summed E-state index contributed by atoms with van der Waals surface area (Å²) in [5, 5.41) is 0. The van der Waals surface area contributed by atoms with Gasteiger partial charge in [0.1, 0.15) is 0 Å². The molecular weight excluding hydrogens is 381 g/mol. The first kappa shape index (κ1) is 27.9. The summed E-state index contributed by atoms with van der Waals surface area (Å²) < 4.78 is 25.0. The van der Waals surface area contributed by atoms with Gasteiger partial charge in [-0.15, -0.1) is 0 Å². The van der Waals surface area contributed by atoms with Crippen LogP contribution in [0.4, 0.5) is 0 Å². The van der Waals surface area contributed by atoms with Gasteiger partial charge in [-0.2, -0.15) is 0 Å². The van der Waals surface area contributed by atoms with E-state index >= 15 is 0 Å². The highest BCUT2D eigenvalue weighted by Crippen LogP contribution is 2.27. The maximum Gasteiger partial charge on any atom is 0.315 e. The van der Waals surface area contributed by atoms with Gasteiger partial charge in [-0.1, -0.05) is 20.3 Å². The van der Waals surface area contributed by atoms with Crippen LogP contribution in [0.25, 0.3) is 0 Å². The van der Waals surface area contributed by atoms with E-state index in [1.807, 2.05) is 6.92 Å². The third-order valence-electron chi connectivity index (χ3n) is 2.66. The van der Waals surface area contributed by atoms with Crippen LogP contribution in [0, 0.1) is 0 Å². The lowest BCUT2D eigenvalue weighted by Gasteiger charge is -2.41. The topological polar surface area (TPSA) is 36.9 Å². The molecule has 1 unspecified atom stereocenters. The monoisotopic (exact) mass is 426 g/mol. The van der Waals surface area contributed by atoms with Crippen molar-refractivity contribution in [1.82, 2.24) is 0 Å². The largest absolute Gasteiger partial charge is 0.437 e. The first-order valence-corrected chi connectivity index (χ1v) is 21.9. The Morgan fingerprint density at radius 3 is 1.44 bits per heavy atom. The zero-order valence-corrected chi connectivity index (χ0v) is 23.2. The molecule has 0 fully saturated rings.